The van der Waals surface area contributed by atoms with Gasteiger partial charge in [-0.05, 0) is 5.56 Å². The topological polar surface area (TPSA) is 38.3 Å². The average molecular weight is 315 g/mol. The number of nitrogens with one attached hydrogen (secondary N) is 1. The number of rotatable bonds is 2. The molecule has 1 aromatic carbocycles. The van der Waals surface area contributed by atoms with Crippen LogP contribution in [0.4, 0.5) is 0 Å². The highest BCUT2D eigenvalue weighted by molar-refractivity contribution is 14.1. The Morgan fingerprint density at radius 2 is 2.07 bits per heavy atom. The van der Waals surface area contributed by atoms with E-state index in [2.05, 4.69) is 27.9 Å². The van der Waals surface area contributed by atoms with Crippen LogP contribution in [0.25, 0.3) is 5.57 Å². The first-order valence-corrected chi connectivity index (χ1v) is 6.11. The minimum atomic E-state index is -0.0564. The highest BCUT2D eigenvalue weighted by atomic mass is 127. The van der Waals surface area contributed by atoms with Crippen LogP contribution >= 0.6 is 22.6 Å². The van der Waals surface area contributed by atoms with E-state index >= 15 is 0 Å². The summed E-state index contributed by atoms with van der Waals surface area (Å²) in [7, 11) is 0. The Labute approximate surface area is 102 Å². The molecule has 0 saturated heterocycles. The number of benzene rings is 1. The van der Waals surface area contributed by atoms with Gasteiger partial charge in [0.15, 0.2) is 6.73 Å². The summed E-state index contributed by atoms with van der Waals surface area (Å²) in [4.78, 5) is 11.7. The lowest BCUT2D eigenvalue weighted by Crippen LogP contribution is -2.32. The largest absolute Gasteiger partial charge is 0.476 e. The van der Waals surface area contributed by atoms with Crippen LogP contribution in [0.2, 0.25) is 0 Å². The van der Waals surface area contributed by atoms with Crippen molar-refractivity contribution in [2.75, 3.05) is 11.2 Å². The fourth-order valence-corrected chi connectivity index (χ4v) is 2.08. The summed E-state index contributed by atoms with van der Waals surface area (Å²) in [6, 6.07) is 9.57. The zero-order valence-electron chi connectivity index (χ0n) is 8.00. The smallest absolute Gasteiger partial charge is 0.257 e. The number of carbonyl (C=O) groups is 1. The number of hydrogen-bond donors (Lipinski definition) is 1. The number of hydrogen-bond acceptors (Lipinski definition) is 2. The lowest BCUT2D eigenvalue weighted by Gasteiger charge is -2.20. The van der Waals surface area contributed by atoms with E-state index in [0.717, 1.165) is 11.3 Å². The summed E-state index contributed by atoms with van der Waals surface area (Å²) >= 11 is 2.20. The molecule has 1 aliphatic rings. The molecule has 4 heteroatoms. The number of halogens is 1. The first-order chi connectivity index (χ1) is 7.33. The standard InChI is InChI=1S/C11H10INO2/c12-6-9-10(11(14)13-7-15-9)8-4-2-1-3-5-8/h1-5H,6-7H2,(H,13,14). The quantitative estimate of drug-likeness (QED) is 0.669. The van der Waals surface area contributed by atoms with Crippen molar-refractivity contribution in [1.82, 2.24) is 5.32 Å². The molecule has 1 heterocycles. The Bertz CT molecular complexity index is 400. The van der Waals surface area contributed by atoms with Crippen molar-refractivity contribution in [3.63, 3.8) is 0 Å². The molecular formula is C11H10INO2. The number of alkyl halides is 1. The van der Waals surface area contributed by atoms with E-state index < -0.39 is 0 Å². The third kappa shape index (κ3) is 2.14. The van der Waals surface area contributed by atoms with E-state index in [1.807, 2.05) is 30.3 Å². The molecule has 1 N–H and O–H groups in total. The van der Waals surface area contributed by atoms with E-state index in [1.165, 1.54) is 0 Å². The van der Waals surface area contributed by atoms with Crippen molar-refractivity contribution in [2.24, 2.45) is 0 Å². The van der Waals surface area contributed by atoms with Gasteiger partial charge in [0.2, 0.25) is 0 Å². The zero-order valence-corrected chi connectivity index (χ0v) is 10.2. The predicted molar refractivity (Wildman–Crippen MR) is 66.3 cm³/mol. The third-order valence-corrected chi connectivity index (χ3v) is 2.86. The molecule has 1 amide bonds. The summed E-state index contributed by atoms with van der Waals surface area (Å²) in [6.07, 6.45) is 0. The molecule has 0 aromatic heterocycles. The predicted octanol–water partition coefficient (Wildman–Crippen LogP) is 1.94. The number of allylic oxidation sites excluding steroid dienone is 1. The normalized spacial score (nSPS) is 15.9. The van der Waals surface area contributed by atoms with Crippen molar-refractivity contribution in [1.29, 1.82) is 0 Å². The van der Waals surface area contributed by atoms with Gasteiger partial charge in [-0.1, -0.05) is 52.9 Å². The van der Waals surface area contributed by atoms with Gasteiger partial charge in [-0.15, -0.1) is 0 Å². The summed E-state index contributed by atoms with van der Waals surface area (Å²) in [6.45, 7) is 0.271. The molecule has 0 bridgehead atoms. The van der Waals surface area contributed by atoms with Crippen LogP contribution in [0.5, 0.6) is 0 Å². The Morgan fingerprint density at radius 3 is 2.73 bits per heavy atom. The van der Waals surface area contributed by atoms with Gasteiger partial charge < -0.3 is 10.1 Å². The van der Waals surface area contributed by atoms with Crippen molar-refractivity contribution >= 4 is 34.1 Å². The fourth-order valence-electron chi connectivity index (χ4n) is 1.48. The molecule has 15 heavy (non-hydrogen) atoms. The van der Waals surface area contributed by atoms with Crippen LogP contribution in [0.15, 0.2) is 36.1 Å². The van der Waals surface area contributed by atoms with Gasteiger partial charge in [-0.3, -0.25) is 4.79 Å². The van der Waals surface area contributed by atoms with Crippen LogP contribution in [0.1, 0.15) is 5.56 Å². The van der Waals surface area contributed by atoms with Gasteiger partial charge in [-0.25, -0.2) is 0 Å². The third-order valence-electron chi connectivity index (χ3n) is 2.17. The van der Waals surface area contributed by atoms with Crippen molar-refractivity contribution in [3.05, 3.63) is 41.7 Å². The van der Waals surface area contributed by atoms with Crippen molar-refractivity contribution in [3.8, 4) is 0 Å². The average Bonchev–Trinajstić information content (AvgIpc) is 2.29. The summed E-state index contributed by atoms with van der Waals surface area (Å²) in [5.41, 5.74) is 1.55. The van der Waals surface area contributed by atoms with E-state index in [1.54, 1.807) is 0 Å². The van der Waals surface area contributed by atoms with Crippen molar-refractivity contribution < 1.29 is 9.53 Å². The van der Waals surface area contributed by atoms with E-state index in [9.17, 15) is 4.79 Å². The Hall–Kier alpha value is -1.04. The van der Waals surface area contributed by atoms with Gasteiger partial charge >= 0.3 is 0 Å². The molecule has 0 spiro atoms. The highest BCUT2D eigenvalue weighted by Gasteiger charge is 2.21. The molecule has 0 atom stereocenters. The maximum atomic E-state index is 11.7. The first-order valence-electron chi connectivity index (χ1n) is 4.58. The van der Waals surface area contributed by atoms with Gasteiger partial charge in [0.05, 0.1) is 10.0 Å². The SMILES string of the molecule is O=C1NCOC(CI)=C1c1ccccc1. The van der Waals surface area contributed by atoms with Gasteiger partial charge in [-0.2, -0.15) is 0 Å². The molecule has 3 nitrogen and oxygen atoms in total. The fraction of sp³-hybridized carbons (Fsp3) is 0.182. The second kappa shape index (κ2) is 4.65. The molecule has 0 saturated carbocycles. The van der Waals surface area contributed by atoms with Crippen LogP contribution in [-0.4, -0.2) is 17.1 Å². The Kier molecular flexibility index (Phi) is 3.25. The molecule has 78 valence electrons. The monoisotopic (exact) mass is 315 g/mol. The molecule has 1 aromatic rings. The number of carbonyl (C=O) groups excluding carboxylic acids is 1. The molecule has 0 fully saturated rings. The molecule has 1 aliphatic heterocycles. The Morgan fingerprint density at radius 1 is 1.33 bits per heavy atom. The molecule has 0 unspecified atom stereocenters. The number of ether oxygens (including phenoxy) is 1. The minimum absolute atomic E-state index is 0.0564. The molecule has 2 rings (SSSR count). The highest BCUT2D eigenvalue weighted by Crippen LogP contribution is 2.23. The molecule has 0 aliphatic carbocycles. The van der Waals surface area contributed by atoms with Crippen molar-refractivity contribution in [2.45, 2.75) is 0 Å². The molecule has 0 radical (unpaired) electrons. The first kappa shape index (κ1) is 10.5. The van der Waals surface area contributed by atoms with Crippen LogP contribution in [-0.2, 0) is 9.53 Å². The van der Waals surface area contributed by atoms with E-state index in [-0.39, 0.29) is 12.6 Å². The van der Waals surface area contributed by atoms with Gasteiger partial charge in [0, 0.05) is 0 Å². The second-order valence-electron chi connectivity index (χ2n) is 3.09. The van der Waals surface area contributed by atoms with E-state index in [4.69, 9.17) is 4.74 Å². The van der Waals surface area contributed by atoms with Crippen LogP contribution < -0.4 is 5.32 Å². The Balaban J connectivity index is 2.47. The lowest BCUT2D eigenvalue weighted by atomic mass is 10.0. The van der Waals surface area contributed by atoms with E-state index in [0.29, 0.717) is 10.0 Å². The van der Waals surface area contributed by atoms with Crippen LogP contribution in [0, 0.1) is 0 Å². The van der Waals surface area contributed by atoms with Gasteiger partial charge in [0.1, 0.15) is 5.76 Å². The second-order valence-corrected chi connectivity index (χ2v) is 3.86. The number of amides is 1. The minimum Gasteiger partial charge on any atom is -0.476 e. The molecular weight excluding hydrogens is 305 g/mol. The summed E-state index contributed by atoms with van der Waals surface area (Å²) < 4.78 is 6.11. The van der Waals surface area contributed by atoms with Gasteiger partial charge in [0.25, 0.3) is 5.91 Å². The van der Waals surface area contributed by atoms with Crippen LogP contribution in [0.3, 0.4) is 0 Å². The maximum Gasteiger partial charge on any atom is 0.257 e. The maximum absolute atomic E-state index is 11.7. The summed E-state index contributed by atoms with van der Waals surface area (Å²) in [5, 5.41) is 2.67. The zero-order chi connectivity index (χ0) is 10.7. The lowest BCUT2D eigenvalue weighted by molar-refractivity contribution is -0.118. The summed E-state index contributed by atoms with van der Waals surface area (Å²) in [5.74, 6) is 0.699.